The van der Waals surface area contributed by atoms with E-state index in [1.165, 1.54) is 6.07 Å². The van der Waals surface area contributed by atoms with Crippen LogP contribution in [0, 0.1) is 5.82 Å². The minimum atomic E-state index is -0.418. The quantitative estimate of drug-likeness (QED) is 0.674. The molecule has 2 N–H and O–H groups in total. The Kier molecular flexibility index (Phi) is 5.51. The van der Waals surface area contributed by atoms with Gasteiger partial charge < -0.3 is 10.6 Å². The summed E-state index contributed by atoms with van der Waals surface area (Å²) in [7, 11) is 1.69. The van der Waals surface area contributed by atoms with Crippen molar-refractivity contribution in [3.63, 3.8) is 0 Å². The standard InChI is InChI=1S/C15H16ClFN4/c1-18-15(21-10-12-4-2-3-7-19-12)20-9-11-5-6-14(17)13(16)8-11/h2-8H,9-10H2,1H3,(H2,18,20,21). The first-order valence-electron chi connectivity index (χ1n) is 6.47. The number of nitrogens with one attached hydrogen (secondary N) is 2. The molecule has 0 aliphatic carbocycles. The fourth-order valence-corrected chi connectivity index (χ4v) is 1.94. The van der Waals surface area contributed by atoms with Crippen LogP contribution in [0.15, 0.2) is 47.6 Å². The molecule has 0 atom stereocenters. The van der Waals surface area contributed by atoms with Crippen LogP contribution < -0.4 is 10.6 Å². The molecule has 2 aromatic rings. The van der Waals surface area contributed by atoms with Gasteiger partial charge in [0.05, 0.1) is 17.3 Å². The van der Waals surface area contributed by atoms with Gasteiger partial charge in [0.25, 0.3) is 0 Å². The molecule has 1 heterocycles. The molecule has 21 heavy (non-hydrogen) atoms. The predicted octanol–water partition coefficient (Wildman–Crippen LogP) is 2.74. The van der Waals surface area contributed by atoms with E-state index in [2.05, 4.69) is 20.6 Å². The molecule has 1 aromatic heterocycles. The topological polar surface area (TPSA) is 49.3 Å². The van der Waals surface area contributed by atoms with Crippen LogP contribution in [0.1, 0.15) is 11.3 Å². The maximum atomic E-state index is 13.1. The highest BCUT2D eigenvalue weighted by Gasteiger charge is 2.03. The summed E-state index contributed by atoms with van der Waals surface area (Å²) in [6.45, 7) is 1.08. The molecule has 0 saturated heterocycles. The van der Waals surface area contributed by atoms with Crippen molar-refractivity contribution in [1.82, 2.24) is 15.6 Å². The fraction of sp³-hybridized carbons (Fsp3) is 0.200. The molecule has 4 nitrogen and oxygen atoms in total. The van der Waals surface area contributed by atoms with E-state index < -0.39 is 5.82 Å². The highest BCUT2D eigenvalue weighted by atomic mass is 35.5. The molecule has 0 aliphatic heterocycles. The molecule has 0 saturated carbocycles. The number of nitrogens with zero attached hydrogens (tertiary/aromatic N) is 2. The zero-order chi connectivity index (χ0) is 15.1. The predicted molar refractivity (Wildman–Crippen MR) is 82.7 cm³/mol. The highest BCUT2D eigenvalue weighted by Crippen LogP contribution is 2.15. The van der Waals surface area contributed by atoms with E-state index in [1.807, 2.05) is 18.2 Å². The lowest BCUT2D eigenvalue weighted by Gasteiger charge is -2.12. The summed E-state index contributed by atoms with van der Waals surface area (Å²) < 4.78 is 13.1. The van der Waals surface area contributed by atoms with Crippen molar-refractivity contribution in [3.05, 3.63) is 64.7 Å². The first kappa shape index (κ1) is 15.3. The first-order valence-corrected chi connectivity index (χ1v) is 6.85. The average Bonchev–Trinajstić information content (AvgIpc) is 2.52. The number of rotatable bonds is 4. The van der Waals surface area contributed by atoms with Crippen LogP contribution in [0.5, 0.6) is 0 Å². The summed E-state index contributed by atoms with van der Waals surface area (Å²) in [6, 6.07) is 10.4. The third kappa shape index (κ3) is 4.72. The summed E-state index contributed by atoms with van der Waals surface area (Å²) in [5.74, 6) is 0.221. The molecule has 1 aromatic carbocycles. The molecule has 110 valence electrons. The van der Waals surface area contributed by atoms with Gasteiger partial charge >= 0.3 is 0 Å². The Morgan fingerprint density at radius 1 is 1.24 bits per heavy atom. The highest BCUT2D eigenvalue weighted by molar-refractivity contribution is 6.30. The normalized spacial score (nSPS) is 11.3. The number of guanidine groups is 1. The van der Waals surface area contributed by atoms with Crippen LogP contribution in [-0.2, 0) is 13.1 Å². The van der Waals surface area contributed by atoms with Crippen molar-refractivity contribution >= 4 is 17.6 Å². The van der Waals surface area contributed by atoms with E-state index in [9.17, 15) is 4.39 Å². The summed E-state index contributed by atoms with van der Waals surface area (Å²) >= 11 is 5.75. The van der Waals surface area contributed by atoms with Crippen molar-refractivity contribution in [2.45, 2.75) is 13.1 Å². The van der Waals surface area contributed by atoms with Gasteiger partial charge in [0.1, 0.15) is 5.82 Å². The van der Waals surface area contributed by atoms with Gasteiger partial charge in [-0.05, 0) is 29.8 Å². The van der Waals surface area contributed by atoms with Gasteiger partial charge in [-0.2, -0.15) is 0 Å². The van der Waals surface area contributed by atoms with Crippen molar-refractivity contribution < 1.29 is 4.39 Å². The number of pyridine rings is 1. The van der Waals surface area contributed by atoms with Crippen molar-refractivity contribution in [3.8, 4) is 0 Å². The molecule has 0 radical (unpaired) electrons. The van der Waals surface area contributed by atoms with Crippen LogP contribution >= 0.6 is 11.6 Å². The average molecular weight is 307 g/mol. The SMILES string of the molecule is CN=C(NCc1ccc(F)c(Cl)c1)NCc1ccccn1. The van der Waals surface area contributed by atoms with Gasteiger partial charge in [0.2, 0.25) is 0 Å². The Labute approximate surface area is 128 Å². The maximum Gasteiger partial charge on any atom is 0.191 e. The van der Waals surface area contributed by atoms with Crippen molar-refractivity contribution in [2.75, 3.05) is 7.05 Å². The minimum Gasteiger partial charge on any atom is -0.352 e. The van der Waals surface area contributed by atoms with Crippen LogP contribution in [0.4, 0.5) is 4.39 Å². The molecule has 0 fully saturated rings. The lowest BCUT2D eigenvalue weighted by Crippen LogP contribution is -2.36. The lowest BCUT2D eigenvalue weighted by molar-refractivity contribution is 0.627. The largest absolute Gasteiger partial charge is 0.352 e. The number of aromatic nitrogens is 1. The van der Waals surface area contributed by atoms with Gasteiger partial charge in [0, 0.05) is 19.8 Å². The first-order chi connectivity index (χ1) is 10.2. The number of aliphatic imine (C=N–C) groups is 1. The number of hydrogen-bond donors (Lipinski definition) is 2. The molecular weight excluding hydrogens is 291 g/mol. The molecule has 0 unspecified atom stereocenters. The summed E-state index contributed by atoms with van der Waals surface area (Å²) in [6.07, 6.45) is 1.74. The zero-order valence-corrected chi connectivity index (χ0v) is 12.4. The zero-order valence-electron chi connectivity index (χ0n) is 11.6. The molecular formula is C15H16ClFN4. The fourth-order valence-electron chi connectivity index (χ4n) is 1.73. The molecule has 0 amide bonds. The van der Waals surface area contributed by atoms with Crippen molar-refractivity contribution in [1.29, 1.82) is 0 Å². The van der Waals surface area contributed by atoms with Gasteiger partial charge in [-0.25, -0.2) is 4.39 Å². The third-order valence-electron chi connectivity index (χ3n) is 2.83. The third-order valence-corrected chi connectivity index (χ3v) is 3.12. The molecule has 0 spiro atoms. The van der Waals surface area contributed by atoms with E-state index in [1.54, 1.807) is 25.4 Å². The molecule has 0 bridgehead atoms. The molecule has 0 aliphatic rings. The summed E-state index contributed by atoms with van der Waals surface area (Å²) in [5.41, 5.74) is 1.80. The van der Waals surface area contributed by atoms with E-state index in [-0.39, 0.29) is 5.02 Å². The Bertz CT molecular complexity index is 616. The number of halogens is 2. The van der Waals surface area contributed by atoms with Crippen molar-refractivity contribution in [2.24, 2.45) is 4.99 Å². The van der Waals surface area contributed by atoms with Crippen LogP contribution in [-0.4, -0.2) is 18.0 Å². The van der Waals surface area contributed by atoms with Crippen LogP contribution in [0.25, 0.3) is 0 Å². The van der Waals surface area contributed by atoms with Crippen LogP contribution in [0.3, 0.4) is 0 Å². The van der Waals surface area contributed by atoms with Gasteiger partial charge in [-0.15, -0.1) is 0 Å². The van der Waals surface area contributed by atoms with Gasteiger partial charge in [-0.1, -0.05) is 23.7 Å². The smallest absolute Gasteiger partial charge is 0.191 e. The second-order valence-corrected chi connectivity index (χ2v) is 4.76. The minimum absolute atomic E-state index is 0.116. The Balaban J connectivity index is 1.86. The Morgan fingerprint density at radius 3 is 2.71 bits per heavy atom. The van der Waals surface area contributed by atoms with E-state index in [0.717, 1.165) is 11.3 Å². The van der Waals surface area contributed by atoms with E-state index >= 15 is 0 Å². The Hall–Kier alpha value is -2.14. The van der Waals surface area contributed by atoms with E-state index in [0.29, 0.717) is 19.0 Å². The number of benzene rings is 1. The van der Waals surface area contributed by atoms with Gasteiger partial charge in [-0.3, -0.25) is 9.98 Å². The van der Waals surface area contributed by atoms with Crippen LogP contribution in [0.2, 0.25) is 5.02 Å². The van der Waals surface area contributed by atoms with E-state index in [4.69, 9.17) is 11.6 Å². The molecule has 6 heteroatoms. The molecule has 2 rings (SSSR count). The second kappa shape index (κ2) is 7.59. The van der Waals surface area contributed by atoms with Gasteiger partial charge in [0.15, 0.2) is 5.96 Å². The number of hydrogen-bond acceptors (Lipinski definition) is 2. The monoisotopic (exact) mass is 306 g/mol. The second-order valence-electron chi connectivity index (χ2n) is 4.35. The summed E-state index contributed by atoms with van der Waals surface area (Å²) in [5, 5.41) is 6.40. The maximum absolute atomic E-state index is 13.1. The summed E-state index contributed by atoms with van der Waals surface area (Å²) in [4.78, 5) is 8.34. The Morgan fingerprint density at radius 2 is 2.05 bits per heavy atom. The lowest BCUT2D eigenvalue weighted by atomic mass is 10.2.